The number of sulfonamides is 1. The Balaban J connectivity index is 2.32. The topological polar surface area (TPSA) is 66.5 Å². The van der Waals surface area contributed by atoms with Crippen LogP contribution >= 0.6 is 23.2 Å². The number of rotatable bonds is 5. The zero-order valence-electron chi connectivity index (χ0n) is 14.0. The van der Waals surface area contributed by atoms with Crippen LogP contribution in [0.5, 0.6) is 0 Å². The summed E-state index contributed by atoms with van der Waals surface area (Å²) in [5, 5.41) is 1.44. The Bertz CT molecular complexity index is 1010. The summed E-state index contributed by atoms with van der Waals surface area (Å²) in [7, 11) is -4.03. The normalized spacial score (nSPS) is 12.0. The van der Waals surface area contributed by atoms with E-state index in [1.54, 1.807) is 0 Å². The van der Waals surface area contributed by atoms with Crippen LogP contribution in [0.25, 0.3) is 0 Å². The van der Waals surface area contributed by atoms with Gasteiger partial charge in [-0.25, -0.2) is 12.8 Å². The van der Waals surface area contributed by atoms with Crippen LogP contribution in [-0.2, 0) is 21.0 Å². The van der Waals surface area contributed by atoms with Crippen LogP contribution in [0.15, 0.2) is 36.4 Å². The fraction of sp³-hybridized carbons (Fsp3) is 0.188. The number of nitrogens with one attached hydrogen (secondary N) is 1. The van der Waals surface area contributed by atoms with Gasteiger partial charge in [-0.15, -0.1) is 0 Å². The average Bonchev–Trinajstić information content (AvgIpc) is 2.55. The number of carbonyl (C=O) groups is 1. The van der Waals surface area contributed by atoms with Crippen molar-refractivity contribution in [3.8, 4) is 0 Å². The molecule has 2 rings (SSSR count). The standard InChI is InChI=1S/C16H12Cl2F4N2O3S/c1-28(26,27)24(10-3-4-13(19)12(18)7-10)8-15(25)23-14-5-2-9(17)6-11(14)16(20,21)22/h2-7H,8H2,1H3,(H,23,25). The van der Waals surface area contributed by atoms with E-state index in [-0.39, 0.29) is 15.7 Å². The lowest BCUT2D eigenvalue weighted by molar-refractivity contribution is -0.137. The van der Waals surface area contributed by atoms with Crippen molar-refractivity contribution < 1.29 is 30.8 Å². The quantitative estimate of drug-likeness (QED) is 0.668. The van der Waals surface area contributed by atoms with Crippen molar-refractivity contribution in [2.75, 3.05) is 22.4 Å². The Morgan fingerprint density at radius 2 is 1.79 bits per heavy atom. The minimum absolute atomic E-state index is 0.129. The number of nitrogens with zero attached hydrogens (tertiary/aromatic N) is 1. The van der Waals surface area contributed by atoms with E-state index < -0.39 is 45.7 Å². The van der Waals surface area contributed by atoms with Crippen LogP contribution in [0, 0.1) is 5.82 Å². The van der Waals surface area contributed by atoms with Gasteiger partial charge in [0.15, 0.2) is 0 Å². The average molecular weight is 459 g/mol. The number of carbonyl (C=O) groups excluding carboxylic acids is 1. The molecule has 152 valence electrons. The molecule has 2 aromatic rings. The summed E-state index contributed by atoms with van der Waals surface area (Å²) >= 11 is 11.2. The summed E-state index contributed by atoms with van der Waals surface area (Å²) in [6, 6.07) is 5.66. The van der Waals surface area contributed by atoms with Gasteiger partial charge >= 0.3 is 6.18 Å². The summed E-state index contributed by atoms with van der Waals surface area (Å²) in [5.41, 5.74) is -1.91. The molecular formula is C16H12Cl2F4N2O3S. The predicted octanol–water partition coefficient (Wildman–Crippen LogP) is 4.56. The number of amides is 1. The van der Waals surface area contributed by atoms with Crippen molar-refractivity contribution in [3.63, 3.8) is 0 Å². The first-order chi connectivity index (χ1) is 12.8. The summed E-state index contributed by atoms with van der Waals surface area (Å²) in [6.45, 7) is -0.860. The van der Waals surface area contributed by atoms with E-state index in [1.165, 1.54) is 0 Å². The third-order valence-electron chi connectivity index (χ3n) is 3.44. The van der Waals surface area contributed by atoms with Crippen LogP contribution in [0.3, 0.4) is 0 Å². The van der Waals surface area contributed by atoms with E-state index in [1.807, 2.05) is 5.32 Å². The van der Waals surface area contributed by atoms with Crippen molar-refractivity contribution in [3.05, 3.63) is 57.8 Å². The SMILES string of the molecule is CS(=O)(=O)N(CC(=O)Nc1ccc(Cl)cc1C(F)(F)F)c1ccc(F)c(Cl)c1. The van der Waals surface area contributed by atoms with Crippen molar-refractivity contribution in [2.24, 2.45) is 0 Å². The molecule has 0 spiro atoms. The monoisotopic (exact) mass is 458 g/mol. The maximum Gasteiger partial charge on any atom is 0.418 e. The third kappa shape index (κ3) is 5.49. The molecule has 0 unspecified atom stereocenters. The second-order valence-electron chi connectivity index (χ2n) is 5.60. The van der Waals surface area contributed by atoms with Crippen LogP contribution in [0.4, 0.5) is 28.9 Å². The Morgan fingerprint density at radius 1 is 1.14 bits per heavy atom. The van der Waals surface area contributed by atoms with E-state index >= 15 is 0 Å². The summed E-state index contributed by atoms with van der Waals surface area (Å²) in [6.07, 6.45) is -4.02. The molecule has 0 fully saturated rings. The molecule has 5 nitrogen and oxygen atoms in total. The van der Waals surface area contributed by atoms with Gasteiger partial charge in [0, 0.05) is 5.02 Å². The number of alkyl halides is 3. The summed E-state index contributed by atoms with van der Waals surface area (Å²) in [4.78, 5) is 12.2. The van der Waals surface area contributed by atoms with Gasteiger partial charge in [0.1, 0.15) is 12.4 Å². The largest absolute Gasteiger partial charge is 0.418 e. The highest BCUT2D eigenvalue weighted by Gasteiger charge is 2.34. The highest BCUT2D eigenvalue weighted by molar-refractivity contribution is 7.92. The van der Waals surface area contributed by atoms with Gasteiger partial charge < -0.3 is 5.32 Å². The number of hydrogen-bond acceptors (Lipinski definition) is 3. The zero-order valence-corrected chi connectivity index (χ0v) is 16.3. The molecule has 0 bridgehead atoms. The minimum Gasteiger partial charge on any atom is -0.324 e. The fourth-order valence-corrected chi connectivity index (χ4v) is 3.42. The van der Waals surface area contributed by atoms with Crippen LogP contribution in [0.1, 0.15) is 5.56 Å². The predicted molar refractivity (Wildman–Crippen MR) is 98.7 cm³/mol. The first-order valence-electron chi connectivity index (χ1n) is 7.38. The van der Waals surface area contributed by atoms with Crippen LogP contribution in [0.2, 0.25) is 10.0 Å². The van der Waals surface area contributed by atoms with E-state index in [4.69, 9.17) is 23.2 Å². The van der Waals surface area contributed by atoms with Crippen molar-refractivity contribution in [2.45, 2.75) is 6.18 Å². The van der Waals surface area contributed by atoms with E-state index in [0.29, 0.717) is 10.4 Å². The highest BCUT2D eigenvalue weighted by atomic mass is 35.5. The minimum atomic E-state index is -4.80. The second-order valence-corrected chi connectivity index (χ2v) is 8.35. The van der Waals surface area contributed by atoms with Crippen molar-refractivity contribution in [1.82, 2.24) is 0 Å². The maximum atomic E-state index is 13.3. The molecule has 0 saturated carbocycles. The van der Waals surface area contributed by atoms with Crippen LogP contribution < -0.4 is 9.62 Å². The Kier molecular flexibility index (Phi) is 6.47. The molecular weight excluding hydrogens is 447 g/mol. The Hall–Kier alpha value is -2.04. The second kappa shape index (κ2) is 8.14. The Morgan fingerprint density at radius 3 is 2.32 bits per heavy atom. The number of hydrogen-bond donors (Lipinski definition) is 1. The molecule has 0 atom stereocenters. The molecule has 0 saturated heterocycles. The van der Waals surface area contributed by atoms with Gasteiger partial charge in [-0.1, -0.05) is 23.2 Å². The molecule has 0 aromatic heterocycles. The highest BCUT2D eigenvalue weighted by Crippen LogP contribution is 2.36. The van der Waals surface area contributed by atoms with Crippen LogP contribution in [-0.4, -0.2) is 27.1 Å². The van der Waals surface area contributed by atoms with Gasteiger partial charge in [0.25, 0.3) is 0 Å². The van der Waals surface area contributed by atoms with E-state index in [2.05, 4.69) is 0 Å². The Labute approximate surface area is 167 Å². The fourth-order valence-electron chi connectivity index (χ4n) is 2.22. The molecule has 1 N–H and O–H groups in total. The van der Waals surface area contributed by atoms with Crippen molar-refractivity contribution >= 4 is 50.5 Å². The molecule has 0 aliphatic rings. The van der Waals surface area contributed by atoms with Gasteiger partial charge in [-0.2, -0.15) is 13.2 Å². The summed E-state index contributed by atoms with van der Waals surface area (Å²) < 4.78 is 77.2. The maximum absolute atomic E-state index is 13.3. The van der Waals surface area contributed by atoms with E-state index in [9.17, 15) is 30.8 Å². The van der Waals surface area contributed by atoms with Gasteiger partial charge in [-0.3, -0.25) is 9.10 Å². The lowest BCUT2D eigenvalue weighted by Crippen LogP contribution is -2.37. The first-order valence-corrected chi connectivity index (χ1v) is 9.99. The van der Waals surface area contributed by atoms with Gasteiger partial charge in [0.2, 0.25) is 15.9 Å². The van der Waals surface area contributed by atoms with E-state index in [0.717, 1.165) is 36.6 Å². The molecule has 28 heavy (non-hydrogen) atoms. The van der Waals surface area contributed by atoms with Crippen molar-refractivity contribution in [1.29, 1.82) is 0 Å². The molecule has 0 radical (unpaired) electrons. The lowest BCUT2D eigenvalue weighted by Gasteiger charge is -2.22. The van der Waals surface area contributed by atoms with Gasteiger partial charge in [-0.05, 0) is 36.4 Å². The number of halogens is 6. The molecule has 1 amide bonds. The van der Waals surface area contributed by atoms with Gasteiger partial charge in [0.05, 0.1) is 28.2 Å². The zero-order chi connectivity index (χ0) is 21.3. The smallest absolute Gasteiger partial charge is 0.324 e. The number of benzene rings is 2. The molecule has 0 aliphatic carbocycles. The lowest BCUT2D eigenvalue weighted by atomic mass is 10.1. The molecule has 0 heterocycles. The number of anilines is 2. The summed E-state index contributed by atoms with van der Waals surface area (Å²) in [5.74, 6) is -1.86. The molecule has 0 aliphatic heterocycles. The molecule has 2 aromatic carbocycles. The first kappa shape index (κ1) is 22.3. The molecule has 12 heteroatoms. The third-order valence-corrected chi connectivity index (χ3v) is 5.11.